The third-order valence-electron chi connectivity index (χ3n) is 3.93. The summed E-state index contributed by atoms with van der Waals surface area (Å²) in [5.41, 5.74) is 7.26. The van der Waals surface area contributed by atoms with Crippen molar-refractivity contribution in [1.82, 2.24) is 5.32 Å². The van der Waals surface area contributed by atoms with Gasteiger partial charge in [0.2, 0.25) is 5.91 Å². The van der Waals surface area contributed by atoms with Crippen molar-refractivity contribution >= 4 is 23.1 Å². The number of nitrogens with two attached hydrogens (primary N) is 1. The van der Waals surface area contributed by atoms with Gasteiger partial charge in [-0.3, -0.25) is 4.79 Å². The zero-order valence-corrected chi connectivity index (χ0v) is 12.9. The fourth-order valence-corrected chi connectivity index (χ4v) is 2.82. The van der Waals surface area contributed by atoms with Crippen LogP contribution in [0.25, 0.3) is 0 Å². The Kier molecular flexibility index (Phi) is 5.70. The molecule has 2 unspecified atom stereocenters. The van der Waals surface area contributed by atoms with Crippen LogP contribution in [0.5, 0.6) is 0 Å². The van der Waals surface area contributed by atoms with E-state index in [9.17, 15) is 9.90 Å². The summed E-state index contributed by atoms with van der Waals surface area (Å²) < 4.78 is 0. The number of amides is 1. The molecule has 1 amide bonds. The average molecular weight is 306 g/mol. The Morgan fingerprint density at radius 1 is 1.24 bits per heavy atom. The van der Waals surface area contributed by atoms with Crippen LogP contribution in [-0.4, -0.2) is 28.1 Å². The quantitative estimate of drug-likeness (QED) is 0.584. The predicted octanol–water partition coefficient (Wildman–Crippen LogP) is 1.67. The molecule has 1 fully saturated rings. The summed E-state index contributed by atoms with van der Waals surface area (Å²) in [7, 11) is 0. The molecule has 4 nitrogen and oxygen atoms in total. The van der Waals surface area contributed by atoms with Gasteiger partial charge in [-0.15, -0.1) is 0 Å². The molecule has 1 aliphatic carbocycles. The highest BCUT2D eigenvalue weighted by molar-refractivity contribution is 7.80. The highest BCUT2D eigenvalue weighted by Gasteiger charge is 2.23. The zero-order valence-electron chi connectivity index (χ0n) is 12.0. The molecule has 2 rings (SSSR count). The van der Waals surface area contributed by atoms with E-state index in [1.54, 1.807) is 0 Å². The average Bonchev–Trinajstić information content (AvgIpc) is 2.65. The number of thiocarbonyl (C=S) groups is 1. The normalized spacial score (nSPS) is 22.3. The second-order valence-corrected chi connectivity index (χ2v) is 6.06. The molecule has 1 aromatic carbocycles. The number of aliphatic hydroxyl groups is 1. The summed E-state index contributed by atoms with van der Waals surface area (Å²) in [5, 5.41) is 13.0. The lowest BCUT2D eigenvalue weighted by Gasteiger charge is -2.21. The van der Waals surface area contributed by atoms with Gasteiger partial charge < -0.3 is 16.2 Å². The standard InChI is InChI=1S/C16H22N2O2S/c17-16(21)12-8-6-11(7-9-12)10-15(20)18-13-4-2-1-3-5-14(13)19/h6-9,13-14,19H,1-5,10H2,(H2,17,21)(H,18,20). The number of carbonyl (C=O) groups excluding carboxylic acids is 1. The minimum atomic E-state index is -0.423. The minimum Gasteiger partial charge on any atom is -0.391 e. The van der Waals surface area contributed by atoms with Crippen molar-refractivity contribution in [1.29, 1.82) is 0 Å². The van der Waals surface area contributed by atoms with Crippen LogP contribution in [0.4, 0.5) is 0 Å². The van der Waals surface area contributed by atoms with Gasteiger partial charge in [0, 0.05) is 5.56 Å². The Bertz CT molecular complexity index is 502. The van der Waals surface area contributed by atoms with E-state index in [1.165, 1.54) is 0 Å². The highest BCUT2D eigenvalue weighted by atomic mass is 32.1. The van der Waals surface area contributed by atoms with Gasteiger partial charge in [0.25, 0.3) is 0 Å². The van der Waals surface area contributed by atoms with Crippen molar-refractivity contribution in [3.63, 3.8) is 0 Å². The minimum absolute atomic E-state index is 0.0518. The highest BCUT2D eigenvalue weighted by Crippen LogP contribution is 2.18. The van der Waals surface area contributed by atoms with Crippen LogP contribution in [-0.2, 0) is 11.2 Å². The third-order valence-corrected chi connectivity index (χ3v) is 4.16. The number of nitrogens with one attached hydrogen (secondary N) is 1. The molecule has 114 valence electrons. The molecule has 0 heterocycles. The van der Waals surface area contributed by atoms with Crippen molar-refractivity contribution in [2.75, 3.05) is 0 Å². The molecule has 0 saturated heterocycles. The van der Waals surface area contributed by atoms with E-state index in [2.05, 4.69) is 5.32 Å². The van der Waals surface area contributed by atoms with Gasteiger partial charge in [0.1, 0.15) is 4.99 Å². The van der Waals surface area contributed by atoms with Gasteiger partial charge in [-0.05, 0) is 18.4 Å². The molecule has 2 atom stereocenters. The number of benzene rings is 1. The summed E-state index contributed by atoms with van der Waals surface area (Å²) >= 11 is 4.90. The first-order valence-corrected chi connectivity index (χ1v) is 7.83. The first-order chi connectivity index (χ1) is 10.1. The maximum Gasteiger partial charge on any atom is 0.224 e. The van der Waals surface area contributed by atoms with Crippen molar-refractivity contribution < 1.29 is 9.90 Å². The van der Waals surface area contributed by atoms with E-state index < -0.39 is 6.10 Å². The van der Waals surface area contributed by atoms with Crippen molar-refractivity contribution in [3.8, 4) is 0 Å². The second-order valence-electron chi connectivity index (χ2n) is 5.62. The molecule has 0 spiro atoms. The Hall–Kier alpha value is -1.46. The van der Waals surface area contributed by atoms with Gasteiger partial charge >= 0.3 is 0 Å². The predicted molar refractivity (Wildman–Crippen MR) is 87.1 cm³/mol. The van der Waals surface area contributed by atoms with E-state index in [4.69, 9.17) is 18.0 Å². The van der Waals surface area contributed by atoms with E-state index >= 15 is 0 Å². The number of aliphatic hydroxyl groups excluding tert-OH is 1. The lowest BCUT2D eigenvalue weighted by molar-refractivity contribution is -0.122. The fourth-order valence-electron chi connectivity index (χ4n) is 2.69. The van der Waals surface area contributed by atoms with Crippen molar-refractivity contribution in [2.45, 2.75) is 50.7 Å². The maximum absolute atomic E-state index is 12.1. The van der Waals surface area contributed by atoms with Crippen molar-refractivity contribution in [2.24, 2.45) is 5.73 Å². The van der Waals surface area contributed by atoms with Crippen molar-refractivity contribution in [3.05, 3.63) is 35.4 Å². The van der Waals surface area contributed by atoms with E-state index in [0.29, 0.717) is 11.4 Å². The lowest BCUT2D eigenvalue weighted by Crippen LogP contribution is -2.43. The largest absolute Gasteiger partial charge is 0.391 e. The molecule has 21 heavy (non-hydrogen) atoms. The first kappa shape index (κ1) is 15.9. The molecule has 0 aromatic heterocycles. The van der Waals surface area contributed by atoms with Gasteiger partial charge in [-0.25, -0.2) is 0 Å². The van der Waals surface area contributed by atoms with Gasteiger partial charge in [0.05, 0.1) is 18.6 Å². The second kappa shape index (κ2) is 7.52. The van der Waals surface area contributed by atoms with Crippen LogP contribution >= 0.6 is 12.2 Å². The number of hydrogen-bond donors (Lipinski definition) is 3. The molecular formula is C16H22N2O2S. The zero-order chi connectivity index (χ0) is 15.2. The number of rotatable bonds is 4. The van der Waals surface area contributed by atoms with Crippen LogP contribution in [0.3, 0.4) is 0 Å². The van der Waals surface area contributed by atoms with E-state index in [-0.39, 0.29) is 11.9 Å². The molecule has 5 heteroatoms. The molecule has 4 N–H and O–H groups in total. The third kappa shape index (κ3) is 4.79. The van der Waals surface area contributed by atoms with Crippen LogP contribution in [0.1, 0.15) is 43.2 Å². The van der Waals surface area contributed by atoms with Crippen LogP contribution in [0.15, 0.2) is 24.3 Å². The molecule has 0 bridgehead atoms. The maximum atomic E-state index is 12.1. The molecule has 1 saturated carbocycles. The molecule has 0 aliphatic heterocycles. The smallest absolute Gasteiger partial charge is 0.224 e. The summed E-state index contributed by atoms with van der Waals surface area (Å²) in [6.45, 7) is 0. The molecular weight excluding hydrogens is 284 g/mol. The molecule has 1 aromatic rings. The van der Waals surface area contributed by atoms with Crippen LogP contribution < -0.4 is 11.1 Å². The van der Waals surface area contributed by atoms with Gasteiger partial charge in [-0.2, -0.15) is 0 Å². The molecule has 0 radical (unpaired) electrons. The Morgan fingerprint density at radius 2 is 1.90 bits per heavy atom. The SMILES string of the molecule is NC(=S)c1ccc(CC(=O)NC2CCCCCC2O)cc1. The van der Waals surface area contributed by atoms with Gasteiger partial charge in [-0.1, -0.05) is 55.7 Å². The molecule has 1 aliphatic rings. The van der Waals surface area contributed by atoms with Crippen LogP contribution in [0, 0.1) is 0 Å². The summed E-state index contributed by atoms with van der Waals surface area (Å²) in [6.07, 6.45) is 4.73. The Labute approximate surface area is 130 Å². The number of carbonyl (C=O) groups is 1. The lowest BCUT2D eigenvalue weighted by atomic mass is 10.0. The Morgan fingerprint density at radius 3 is 2.57 bits per heavy atom. The monoisotopic (exact) mass is 306 g/mol. The summed E-state index contributed by atoms with van der Waals surface area (Å²) in [5.74, 6) is -0.0518. The Balaban J connectivity index is 1.90. The summed E-state index contributed by atoms with van der Waals surface area (Å²) in [6, 6.07) is 7.25. The van der Waals surface area contributed by atoms with Crippen LogP contribution in [0.2, 0.25) is 0 Å². The van der Waals surface area contributed by atoms with E-state index in [1.807, 2.05) is 24.3 Å². The first-order valence-electron chi connectivity index (χ1n) is 7.42. The topological polar surface area (TPSA) is 75.4 Å². The number of hydrogen-bond acceptors (Lipinski definition) is 3. The van der Waals surface area contributed by atoms with E-state index in [0.717, 1.165) is 43.2 Å². The summed E-state index contributed by atoms with van der Waals surface area (Å²) in [4.78, 5) is 12.4. The fraction of sp³-hybridized carbons (Fsp3) is 0.500. The van der Waals surface area contributed by atoms with Gasteiger partial charge in [0.15, 0.2) is 0 Å².